The van der Waals surface area contributed by atoms with Crippen molar-refractivity contribution in [1.82, 2.24) is 24.8 Å². The van der Waals surface area contributed by atoms with Gasteiger partial charge in [-0.1, -0.05) is 18.2 Å². The van der Waals surface area contributed by atoms with Crippen molar-refractivity contribution < 1.29 is 4.79 Å². The number of imidazole rings is 1. The molecule has 2 aromatic heterocycles. The van der Waals surface area contributed by atoms with Gasteiger partial charge in [-0.3, -0.25) is 9.78 Å². The Morgan fingerprint density at radius 3 is 2.72 bits per heavy atom. The summed E-state index contributed by atoms with van der Waals surface area (Å²) in [6.45, 7) is 1.43. The lowest BCUT2D eigenvalue weighted by Crippen LogP contribution is -2.39. The highest BCUT2D eigenvalue weighted by Gasteiger charge is 2.28. The molecular formula is C19H19N5O. The summed E-state index contributed by atoms with van der Waals surface area (Å²) in [7, 11) is 0. The van der Waals surface area contributed by atoms with Crippen LogP contribution in [0.5, 0.6) is 0 Å². The Morgan fingerprint density at radius 1 is 1.08 bits per heavy atom. The molecule has 0 bridgehead atoms. The molecule has 1 fully saturated rings. The monoisotopic (exact) mass is 333 g/mol. The largest absolute Gasteiger partial charge is 0.343 e. The first kappa shape index (κ1) is 15.5. The summed E-state index contributed by atoms with van der Waals surface area (Å²) in [5, 5.41) is 0. The molecule has 25 heavy (non-hydrogen) atoms. The van der Waals surface area contributed by atoms with E-state index in [2.05, 4.69) is 19.9 Å². The summed E-state index contributed by atoms with van der Waals surface area (Å²) in [6, 6.07) is 9.44. The zero-order valence-corrected chi connectivity index (χ0v) is 13.8. The van der Waals surface area contributed by atoms with E-state index in [9.17, 15) is 4.79 Å². The maximum Gasteiger partial charge on any atom is 0.253 e. The lowest BCUT2D eigenvalue weighted by Gasteiger charge is -2.33. The molecule has 3 heterocycles. The van der Waals surface area contributed by atoms with Gasteiger partial charge < -0.3 is 9.88 Å². The van der Waals surface area contributed by atoms with Crippen molar-refractivity contribution in [1.29, 1.82) is 0 Å². The number of likely N-dealkylation sites (tertiary alicyclic amines) is 1. The predicted octanol–water partition coefficient (Wildman–Crippen LogP) is 2.89. The van der Waals surface area contributed by atoms with E-state index >= 15 is 0 Å². The molecule has 1 aliphatic rings. The van der Waals surface area contributed by atoms with Crippen LogP contribution in [0.25, 0.3) is 11.5 Å². The van der Waals surface area contributed by atoms with Crippen LogP contribution in [0.1, 0.15) is 34.8 Å². The van der Waals surface area contributed by atoms with E-state index in [0.29, 0.717) is 6.54 Å². The number of benzene rings is 1. The minimum atomic E-state index is 0.0775. The van der Waals surface area contributed by atoms with Gasteiger partial charge in [-0.2, -0.15) is 0 Å². The van der Waals surface area contributed by atoms with Crippen LogP contribution in [0.2, 0.25) is 0 Å². The molecule has 0 saturated carbocycles. The smallest absolute Gasteiger partial charge is 0.253 e. The molecule has 1 amide bonds. The van der Waals surface area contributed by atoms with E-state index in [4.69, 9.17) is 0 Å². The number of hydrogen-bond donors (Lipinski definition) is 1. The molecule has 0 radical (unpaired) electrons. The third kappa shape index (κ3) is 3.15. The fraction of sp³-hybridized carbons (Fsp3) is 0.263. The molecule has 0 spiro atoms. The van der Waals surface area contributed by atoms with Gasteiger partial charge in [0.15, 0.2) is 5.82 Å². The molecule has 1 atom stereocenters. The highest BCUT2D eigenvalue weighted by Crippen LogP contribution is 2.31. The molecule has 1 N–H and O–H groups in total. The van der Waals surface area contributed by atoms with Gasteiger partial charge in [-0.15, -0.1) is 0 Å². The molecular weight excluding hydrogens is 314 g/mol. The van der Waals surface area contributed by atoms with Crippen LogP contribution in [-0.2, 0) is 0 Å². The Balaban J connectivity index is 1.59. The first-order chi connectivity index (χ1) is 12.3. The highest BCUT2D eigenvalue weighted by molar-refractivity contribution is 5.94. The van der Waals surface area contributed by atoms with E-state index in [1.54, 1.807) is 24.8 Å². The quantitative estimate of drug-likeness (QED) is 0.800. The molecule has 4 rings (SSSR count). The standard InChI is InChI=1S/C19H19N5O/c25-19(14-5-2-1-3-6-14)24-12-4-7-15(13-24)16-17(21-9-8-20-16)18-22-10-11-23-18/h1-3,5-6,8-11,15H,4,7,12-13H2,(H,22,23). The van der Waals surface area contributed by atoms with Gasteiger partial charge in [0.05, 0.1) is 5.69 Å². The SMILES string of the molecule is O=C(c1ccccc1)N1CCCC(c2nccnc2-c2ncc[nH]2)C1. The number of hydrogen-bond acceptors (Lipinski definition) is 4. The molecule has 6 nitrogen and oxygen atoms in total. The summed E-state index contributed by atoms with van der Waals surface area (Å²) in [6.07, 6.45) is 8.82. The second kappa shape index (κ2) is 6.84. The number of aromatic nitrogens is 4. The van der Waals surface area contributed by atoms with Gasteiger partial charge in [0.1, 0.15) is 5.69 Å². The molecule has 1 aromatic carbocycles. The van der Waals surface area contributed by atoms with E-state index < -0.39 is 0 Å². The molecule has 0 aliphatic carbocycles. The number of nitrogens with one attached hydrogen (secondary N) is 1. The summed E-state index contributed by atoms with van der Waals surface area (Å²) >= 11 is 0. The number of amides is 1. The Labute approximate surface area is 146 Å². The molecule has 6 heteroatoms. The minimum absolute atomic E-state index is 0.0775. The van der Waals surface area contributed by atoms with Crippen molar-refractivity contribution >= 4 is 5.91 Å². The number of piperidine rings is 1. The number of carbonyl (C=O) groups is 1. The van der Waals surface area contributed by atoms with E-state index in [0.717, 1.165) is 42.2 Å². The third-order valence-electron chi connectivity index (χ3n) is 4.57. The van der Waals surface area contributed by atoms with E-state index in [1.807, 2.05) is 35.2 Å². The molecule has 1 unspecified atom stereocenters. The summed E-state index contributed by atoms with van der Waals surface area (Å²) in [4.78, 5) is 31.1. The summed E-state index contributed by atoms with van der Waals surface area (Å²) < 4.78 is 0. The van der Waals surface area contributed by atoms with Crippen molar-refractivity contribution in [3.63, 3.8) is 0 Å². The van der Waals surface area contributed by atoms with Gasteiger partial charge in [0.25, 0.3) is 5.91 Å². The van der Waals surface area contributed by atoms with Crippen molar-refractivity contribution in [2.75, 3.05) is 13.1 Å². The van der Waals surface area contributed by atoms with Crippen molar-refractivity contribution in [3.05, 3.63) is 66.4 Å². The second-order valence-corrected chi connectivity index (χ2v) is 6.18. The van der Waals surface area contributed by atoms with Crippen LogP contribution in [0.3, 0.4) is 0 Å². The minimum Gasteiger partial charge on any atom is -0.343 e. The number of H-pyrrole nitrogens is 1. The van der Waals surface area contributed by atoms with Crippen molar-refractivity contribution in [3.8, 4) is 11.5 Å². The first-order valence-corrected chi connectivity index (χ1v) is 8.48. The van der Waals surface area contributed by atoms with Crippen LogP contribution in [0, 0.1) is 0 Å². The van der Waals surface area contributed by atoms with Gasteiger partial charge in [-0.05, 0) is 25.0 Å². The molecule has 3 aromatic rings. The Morgan fingerprint density at radius 2 is 1.92 bits per heavy atom. The predicted molar refractivity (Wildman–Crippen MR) is 93.9 cm³/mol. The zero-order valence-electron chi connectivity index (χ0n) is 13.8. The fourth-order valence-electron chi connectivity index (χ4n) is 3.37. The first-order valence-electron chi connectivity index (χ1n) is 8.48. The van der Waals surface area contributed by atoms with E-state index in [-0.39, 0.29) is 11.8 Å². The lowest BCUT2D eigenvalue weighted by atomic mass is 9.92. The normalized spacial score (nSPS) is 17.4. The number of aromatic amines is 1. The average molecular weight is 333 g/mol. The van der Waals surface area contributed by atoms with Gasteiger partial charge in [0, 0.05) is 49.4 Å². The molecule has 1 saturated heterocycles. The van der Waals surface area contributed by atoms with Crippen molar-refractivity contribution in [2.24, 2.45) is 0 Å². The number of nitrogens with zero attached hydrogens (tertiary/aromatic N) is 4. The second-order valence-electron chi connectivity index (χ2n) is 6.18. The van der Waals surface area contributed by atoms with Crippen LogP contribution in [0.15, 0.2) is 55.1 Å². The zero-order chi connectivity index (χ0) is 17.1. The van der Waals surface area contributed by atoms with Crippen LogP contribution in [0.4, 0.5) is 0 Å². The van der Waals surface area contributed by atoms with Gasteiger partial charge >= 0.3 is 0 Å². The Bertz CT molecular complexity index is 847. The van der Waals surface area contributed by atoms with Gasteiger partial charge in [-0.25, -0.2) is 9.97 Å². The van der Waals surface area contributed by atoms with Crippen LogP contribution in [-0.4, -0.2) is 43.8 Å². The Hall–Kier alpha value is -3.02. The fourth-order valence-corrected chi connectivity index (χ4v) is 3.37. The van der Waals surface area contributed by atoms with Crippen molar-refractivity contribution in [2.45, 2.75) is 18.8 Å². The molecule has 126 valence electrons. The van der Waals surface area contributed by atoms with Crippen LogP contribution >= 0.6 is 0 Å². The maximum absolute atomic E-state index is 12.8. The van der Waals surface area contributed by atoms with E-state index in [1.165, 1.54) is 0 Å². The lowest BCUT2D eigenvalue weighted by molar-refractivity contribution is 0.0706. The number of carbonyl (C=O) groups excluding carboxylic acids is 1. The number of rotatable bonds is 3. The van der Waals surface area contributed by atoms with Crippen LogP contribution < -0.4 is 0 Å². The highest BCUT2D eigenvalue weighted by atomic mass is 16.2. The molecule has 1 aliphatic heterocycles. The summed E-state index contributed by atoms with van der Waals surface area (Å²) in [5.74, 6) is 0.957. The Kier molecular flexibility index (Phi) is 4.24. The van der Waals surface area contributed by atoms with Gasteiger partial charge in [0.2, 0.25) is 0 Å². The third-order valence-corrected chi connectivity index (χ3v) is 4.57. The topological polar surface area (TPSA) is 74.8 Å². The average Bonchev–Trinajstić information content (AvgIpc) is 3.23. The maximum atomic E-state index is 12.8. The summed E-state index contributed by atoms with van der Waals surface area (Å²) in [5.41, 5.74) is 2.41.